The molecule has 0 fully saturated rings. The lowest BCUT2D eigenvalue weighted by Gasteiger charge is -2.09. The monoisotopic (exact) mass is 329 g/mol. The number of hydrogen-bond acceptors (Lipinski definition) is 6. The molecule has 0 aliphatic heterocycles. The van der Waals surface area contributed by atoms with Gasteiger partial charge in [0.15, 0.2) is 11.0 Å². The van der Waals surface area contributed by atoms with Gasteiger partial charge in [-0.2, -0.15) is 5.26 Å². The minimum atomic E-state index is 0.505. The fourth-order valence-electron chi connectivity index (χ4n) is 1.82. The molecule has 0 atom stereocenters. The van der Waals surface area contributed by atoms with Gasteiger partial charge in [0.25, 0.3) is 0 Å². The topological polar surface area (TPSA) is 101 Å². The van der Waals surface area contributed by atoms with Gasteiger partial charge in [-0.05, 0) is 56.6 Å². The maximum absolute atomic E-state index is 8.85. The van der Waals surface area contributed by atoms with Crippen molar-refractivity contribution in [3.63, 3.8) is 0 Å². The molecule has 0 spiro atoms. The summed E-state index contributed by atoms with van der Waals surface area (Å²) in [5.41, 5.74) is 9.47. The van der Waals surface area contributed by atoms with Crippen LogP contribution in [-0.4, -0.2) is 10.3 Å². The summed E-state index contributed by atoms with van der Waals surface area (Å²) in [5.74, 6) is 0. The van der Waals surface area contributed by atoms with E-state index in [9.17, 15) is 0 Å². The van der Waals surface area contributed by atoms with Crippen LogP contribution < -0.4 is 11.1 Å². The molecule has 0 aliphatic carbocycles. The van der Waals surface area contributed by atoms with Crippen LogP contribution in [0.2, 0.25) is 0 Å². The van der Waals surface area contributed by atoms with Crippen LogP contribution in [0.15, 0.2) is 39.4 Å². The van der Waals surface area contributed by atoms with Crippen LogP contribution in [0.1, 0.15) is 5.56 Å². The van der Waals surface area contributed by atoms with Crippen molar-refractivity contribution in [1.29, 1.82) is 5.26 Å². The first kappa shape index (κ1) is 12.4. The second kappa shape index (κ2) is 4.83. The van der Waals surface area contributed by atoms with Gasteiger partial charge in [0, 0.05) is 4.47 Å². The quantitative estimate of drug-likeness (QED) is 0.700. The van der Waals surface area contributed by atoms with Gasteiger partial charge in [-0.25, -0.2) is 4.63 Å². The van der Waals surface area contributed by atoms with Crippen LogP contribution >= 0.6 is 15.9 Å². The average molecular weight is 330 g/mol. The van der Waals surface area contributed by atoms with E-state index in [1.54, 1.807) is 30.3 Å². The zero-order chi connectivity index (χ0) is 14.1. The highest BCUT2D eigenvalue weighted by Gasteiger charge is 2.11. The number of fused-ring (bicyclic) bond motifs is 1. The molecule has 0 saturated heterocycles. The highest BCUT2D eigenvalue weighted by atomic mass is 79.9. The van der Waals surface area contributed by atoms with E-state index in [0.717, 1.165) is 15.8 Å². The van der Waals surface area contributed by atoms with E-state index in [2.05, 4.69) is 37.6 Å². The second-order valence-corrected chi connectivity index (χ2v) is 4.95. The van der Waals surface area contributed by atoms with E-state index in [1.807, 2.05) is 0 Å². The molecule has 0 amide bonds. The van der Waals surface area contributed by atoms with Crippen molar-refractivity contribution in [2.24, 2.45) is 0 Å². The van der Waals surface area contributed by atoms with Crippen LogP contribution in [0.5, 0.6) is 0 Å². The molecule has 0 bridgehead atoms. The molecule has 0 radical (unpaired) electrons. The van der Waals surface area contributed by atoms with Crippen molar-refractivity contribution >= 4 is 44.0 Å². The Labute approximate surface area is 122 Å². The van der Waals surface area contributed by atoms with Crippen LogP contribution in [0.25, 0.3) is 11.0 Å². The summed E-state index contributed by atoms with van der Waals surface area (Å²) in [6, 6.07) is 10.9. The van der Waals surface area contributed by atoms with Gasteiger partial charge < -0.3 is 11.1 Å². The third kappa shape index (κ3) is 2.06. The fraction of sp³-hybridized carbons (Fsp3) is 0. The van der Waals surface area contributed by atoms with Crippen LogP contribution in [0.3, 0.4) is 0 Å². The number of nitrogens with two attached hydrogens (primary N) is 1. The molecule has 3 rings (SSSR count). The van der Waals surface area contributed by atoms with Crippen molar-refractivity contribution in [1.82, 2.24) is 10.3 Å². The van der Waals surface area contributed by atoms with E-state index < -0.39 is 0 Å². The number of halogens is 1. The van der Waals surface area contributed by atoms with Crippen molar-refractivity contribution in [3.05, 3.63) is 40.4 Å². The SMILES string of the molecule is N#Cc1ccc(Nc2ccc(N)c3nonc23)c(Br)c1. The van der Waals surface area contributed by atoms with Gasteiger partial charge in [0.1, 0.15) is 0 Å². The predicted molar refractivity (Wildman–Crippen MR) is 78.4 cm³/mol. The molecule has 20 heavy (non-hydrogen) atoms. The van der Waals surface area contributed by atoms with Crippen LogP contribution in [0, 0.1) is 11.3 Å². The summed E-state index contributed by atoms with van der Waals surface area (Å²) in [6.45, 7) is 0. The lowest BCUT2D eigenvalue weighted by molar-refractivity contribution is 0.316. The third-order valence-corrected chi connectivity index (χ3v) is 3.47. The van der Waals surface area contributed by atoms with E-state index >= 15 is 0 Å². The van der Waals surface area contributed by atoms with Crippen molar-refractivity contribution in [2.75, 3.05) is 11.1 Å². The van der Waals surface area contributed by atoms with E-state index in [-0.39, 0.29) is 0 Å². The maximum Gasteiger partial charge on any atom is 0.160 e. The molecule has 2 aromatic carbocycles. The predicted octanol–water partition coefficient (Wildman–Crippen LogP) is 3.18. The molecular weight excluding hydrogens is 322 g/mol. The molecule has 1 aromatic heterocycles. The summed E-state index contributed by atoms with van der Waals surface area (Å²) in [7, 11) is 0. The standard InChI is InChI=1S/C13H8BrN5O/c14-8-5-7(6-15)1-3-10(8)17-11-4-2-9(16)12-13(11)19-20-18-12/h1-5,17H,16H2. The van der Waals surface area contributed by atoms with E-state index in [4.69, 9.17) is 15.6 Å². The van der Waals surface area contributed by atoms with E-state index in [1.165, 1.54) is 0 Å². The summed E-state index contributed by atoms with van der Waals surface area (Å²) in [4.78, 5) is 0. The molecule has 1 heterocycles. The first-order valence-corrected chi connectivity index (χ1v) is 6.46. The van der Waals surface area contributed by atoms with Gasteiger partial charge in [-0.15, -0.1) is 0 Å². The normalized spacial score (nSPS) is 10.4. The molecular formula is C13H8BrN5O. The molecule has 3 aromatic rings. The molecule has 0 unspecified atom stereocenters. The van der Waals surface area contributed by atoms with Gasteiger partial charge >= 0.3 is 0 Å². The fourth-order valence-corrected chi connectivity index (χ4v) is 2.30. The number of anilines is 3. The zero-order valence-electron chi connectivity index (χ0n) is 10.1. The molecule has 98 valence electrons. The Balaban J connectivity index is 2.04. The number of benzene rings is 2. The summed E-state index contributed by atoms with van der Waals surface area (Å²) >= 11 is 3.42. The Morgan fingerprint density at radius 2 is 1.90 bits per heavy atom. The lowest BCUT2D eigenvalue weighted by atomic mass is 10.2. The highest BCUT2D eigenvalue weighted by Crippen LogP contribution is 2.31. The lowest BCUT2D eigenvalue weighted by Crippen LogP contribution is -1.95. The highest BCUT2D eigenvalue weighted by molar-refractivity contribution is 9.10. The molecule has 7 heteroatoms. The van der Waals surface area contributed by atoms with Crippen LogP contribution in [0.4, 0.5) is 17.1 Å². The summed E-state index contributed by atoms with van der Waals surface area (Å²) in [6.07, 6.45) is 0. The van der Waals surface area contributed by atoms with E-state index in [0.29, 0.717) is 22.3 Å². The zero-order valence-corrected chi connectivity index (χ0v) is 11.7. The minimum absolute atomic E-state index is 0.505. The Morgan fingerprint density at radius 1 is 1.15 bits per heavy atom. The number of nitrogens with one attached hydrogen (secondary N) is 1. The first-order chi connectivity index (χ1) is 9.69. The minimum Gasteiger partial charge on any atom is -0.397 e. The van der Waals surface area contributed by atoms with Crippen molar-refractivity contribution in [2.45, 2.75) is 0 Å². The number of rotatable bonds is 2. The largest absolute Gasteiger partial charge is 0.397 e. The first-order valence-electron chi connectivity index (χ1n) is 5.66. The Bertz CT molecular complexity index is 836. The maximum atomic E-state index is 8.85. The van der Waals surface area contributed by atoms with Crippen molar-refractivity contribution in [3.8, 4) is 6.07 Å². The average Bonchev–Trinajstić information content (AvgIpc) is 2.94. The molecule has 0 saturated carbocycles. The third-order valence-electron chi connectivity index (χ3n) is 2.81. The van der Waals surface area contributed by atoms with Crippen LogP contribution in [-0.2, 0) is 0 Å². The number of nitriles is 1. The van der Waals surface area contributed by atoms with Crippen molar-refractivity contribution < 1.29 is 4.63 Å². The number of hydrogen-bond donors (Lipinski definition) is 2. The molecule has 6 nitrogen and oxygen atoms in total. The number of nitrogen functional groups attached to an aromatic ring is 1. The summed E-state index contributed by atoms with van der Waals surface area (Å²) in [5, 5.41) is 19.7. The smallest absolute Gasteiger partial charge is 0.160 e. The molecule has 0 aliphatic rings. The van der Waals surface area contributed by atoms with Gasteiger partial charge in [-0.1, -0.05) is 0 Å². The Hall–Kier alpha value is -2.59. The van der Waals surface area contributed by atoms with Gasteiger partial charge in [0.2, 0.25) is 0 Å². The Morgan fingerprint density at radius 3 is 2.65 bits per heavy atom. The number of aromatic nitrogens is 2. The summed E-state index contributed by atoms with van der Waals surface area (Å²) < 4.78 is 5.49. The molecule has 3 N–H and O–H groups in total. The van der Waals surface area contributed by atoms with Gasteiger partial charge in [0.05, 0.1) is 28.7 Å². The Kier molecular flexibility index (Phi) is 3.00. The second-order valence-electron chi connectivity index (χ2n) is 4.10. The number of nitrogens with zero attached hydrogens (tertiary/aromatic N) is 3. The van der Waals surface area contributed by atoms with Gasteiger partial charge in [-0.3, -0.25) is 0 Å².